The monoisotopic (exact) mass is 226 g/mol. The molecule has 1 atom stereocenters. The largest absolute Gasteiger partial charge is 0.365 e. The fourth-order valence-corrected chi connectivity index (χ4v) is 2.26. The van der Waals surface area contributed by atoms with Gasteiger partial charge in [-0.1, -0.05) is 0 Å². The van der Waals surface area contributed by atoms with E-state index in [0.29, 0.717) is 19.7 Å². The van der Waals surface area contributed by atoms with Crippen LogP contribution < -0.4 is 5.32 Å². The van der Waals surface area contributed by atoms with Crippen molar-refractivity contribution >= 4 is 11.8 Å². The van der Waals surface area contributed by atoms with Gasteiger partial charge in [-0.25, -0.2) is 0 Å². The van der Waals surface area contributed by atoms with Gasteiger partial charge in [0.2, 0.25) is 5.91 Å². The van der Waals surface area contributed by atoms with Gasteiger partial charge in [0, 0.05) is 19.7 Å². The van der Waals surface area contributed by atoms with Gasteiger partial charge in [-0.15, -0.1) is 0 Å². The summed E-state index contributed by atoms with van der Waals surface area (Å²) in [6.45, 7) is 3.92. The van der Waals surface area contributed by atoms with Gasteiger partial charge in [0.1, 0.15) is 5.60 Å². The van der Waals surface area contributed by atoms with Crippen molar-refractivity contribution < 1.29 is 14.3 Å². The summed E-state index contributed by atoms with van der Waals surface area (Å²) >= 11 is 0. The molecule has 0 bridgehead atoms. The lowest BCUT2D eigenvalue weighted by Crippen LogP contribution is -2.48. The normalized spacial score (nSPS) is 31.1. The third-order valence-electron chi connectivity index (χ3n) is 3.22. The second-order valence-corrected chi connectivity index (χ2v) is 4.61. The highest BCUT2D eigenvalue weighted by molar-refractivity contribution is 5.89. The van der Waals surface area contributed by atoms with Gasteiger partial charge in [-0.05, 0) is 26.2 Å². The molecule has 0 radical (unpaired) electrons. The summed E-state index contributed by atoms with van der Waals surface area (Å²) in [6, 6.07) is 0. The smallest absolute Gasteiger partial charge is 0.254 e. The van der Waals surface area contributed by atoms with Crippen molar-refractivity contribution in [2.24, 2.45) is 0 Å². The lowest BCUT2D eigenvalue weighted by molar-refractivity contribution is -0.152. The molecule has 1 unspecified atom stereocenters. The second kappa shape index (κ2) is 4.41. The summed E-state index contributed by atoms with van der Waals surface area (Å²) in [4.78, 5) is 25.2. The van der Waals surface area contributed by atoms with E-state index in [2.05, 4.69) is 5.32 Å². The Morgan fingerprint density at radius 1 is 1.50 bits per heavy atom. The first-order valence-corrected chi connectivity index (χ1v) is 5.82. The van der Waals surface area contributed by atoms with Crippen molar-refractivity contribution in [3.63, 3.8) is 0 Å². The van der Waals surface area contributed by atoms with E-state index in [0.717, 1.165) is 19.3 Å². The van der Waals surface area contributed by atoms with Crippen molar-refractivity contribution in [3.8, 4) is 0 Å². The molecule has 2 saturated heterocycles. The van der Waals surface area contributed by atoms with Crippen molar-refractivity contribution in [1.29, 1.82) is 0 Å². The van der Waals surface area contributed by atoms with Gasteiger partial charge in [-0.3, -0.25) is 9.59 Å². The van der Waals surface area contributed by atoms with E-state index in [1.54, 1.807) is 4.90 Å². The van der Waals surface area contributed by atoms with Crippen LogP contribution in [0.2, 0.25) is 0 Å². The molecular formula is C11H18N2O3. The number of carbonyl (C=O) groups is 2. The molecule has 90 valence electrons. The molecule has 2 rings (SSSR count). The molecule has 2 heterocycles. The summed E-state index contributed by atoms with van der Waals surface area (Å²) < 4.78 is 5.51. The highest BCUT2D eigenvalue weighted by atomic mass is 16.5. The molecule has 2 aliphatic heterocycles. The Labute approximate surface area is 95.1 Å². The van der Waals surface area contributed by atoms with Crippen LogP contribution in [-0.4, -0.2) is 48.6 Å². The van der Waals surface area contributed by atoms with E-state index in [4.69, 9.17) is 4.74 Å². The molecule has 5 nitrogen and oxygen atoms in total. The van der Waals surface area contributed by atoms with Crippen LogP contribution in [0.15, 0.2) is 0 Å². The van der Waals surface area contributed by atoms with Crippen LogP contribution in [0.4, 0.5) is 0 Å². The molecule has 0 spiro atoms. The van der Waals surface area contributed by atoms with Crippen LogP contribution in [0, 0.1) is 0 Å². The zero-order valence-corrected chi connectivity index (χ0v) is 9.62. The number of nitrogens with one attached hydrogen (secondary N) is 1. The fraction of sp³-hybridized carbons (Fsp3) is 0.818. The number of ether oxygens (including phenoxy) is 1. The minimum atomic E-state index is -0.704. The Kier molecular flexibility index (Phi) is 3.14. The lowest BCUT2D eigenvalue weighted by Gasteiger charge is -2.29. The number of carbonyl (C=O) groups excluding carboxylic acids is 2. The maximum atomic E-state index is 12.2. The van der Waals surface area contributed by atoms with Gasteiger partial charge in [0.05, 0.1) is 6.54 Å². The van der Waals surface area contributed by atoms with E-state index < -0.39 is 5.60 Å². The first-order chi connectivity index (χ1) is 7.62. The molecule has 2 aliphatic rings. The summed E-state index contributed by atoms with van der Waals surface area (Å²) in [5.41, 5.74) is -0.704. The van der Waals surface area contributed by atoms with Crippen LogP contribution in [0.3, 0.4) is 0 Å². The molecule has 0 aromatic rings. The van der Waals surface area contributed by atoms with Gasteiger partial charge < -0.3 is 15.0 Å². The average Bonchev–Trinajstić information content (AvgIpc) is 2.58. The zero-order chi connectivity index (χ0) is 11.6. The molecule has 2 fully saturated rings. The van der Waals surface area contributed by atoms with Crippen molar-refractivity contribution in [1.82, 2.24) is 10.2 Å². The SMILES string of the molecule is CC1(C(=O)N2CCCNC(=O)C2)CCCO1. The quantitative estimate of drug-likeness (QED) is 0.679. The van der Waals surface area contributed by atoms with Gasteiger partial charge in [-0.2, -0.15) is 0 Å². The molecular weight excluding hydrogens is 208 g/mol. The standard InChI is InChI=1S/C11H18N2O3/c1-11(4-2-7-16-11)10(15)13-6-3-5-12-9(14)8-13/h2-8H2,1H3,(H,12,14). The maximum absolute atomic E-state index is 12.2. The third kappa shape index (κ3) is 2.19. The van der Waals surface area contributed by atoms with Crippen LogP contribution in [0.1, 0.15) is 26.2 Å². The number of nitrogens with zero attached hydrogens (tertiary/aromatic N) is 1. The van der Waals surface area contributed by atoms with Crippen LogP contribution in [0.5, 0.6) is 0 Å². The second-order valence-electron chi connectivity index (χ2n) is 4.61. The lowest BCUT2D eigenvalue weighted by atomic mass is 10.0. The molecule has 2 amide bonds. The number of rotatable bonds is 1. The van der Waals surface area contributed by atoms with Crippen molar-refractivity contribution in [2.75, 3.05) is 26.2 Å². The summed E-state index contributed by atoms with van der Waals surface area (Å²) in [5.74, 6) is -0.116. The molecule has 16 heavy (non-hydrogen) atoms. The fourth-order valence-electron chi connectivity index (χ4n) is 2.26. The van der Waals surface area contributed by atoms with Crippen LogP contribution in [0.25, 0.3) is 0 Å². The van der Waals surface area contributed by atoms with Crippen molar-refractivity contribution in [2.45, 2.75) is 31.8 Å². The zero-order valence-electron chi connectivity index (χ0n) is 9.62. The minimum Gasteiger partial charge on any atom is -0.365 e. The maximum Gasteiger partial charge on any atom is 0.254 e. The minimum absolute atomic E-state index is 0.0398. The van der Waals surface area contributed by atoms with Crippen LogP contribution in [-0.2, 0) is 14.3 Å². The Hall–Kier alpha value is -1.10. The Morgan fingerprint density at radius 2 is 2.31 bits per heavy atom. The Balaban J connectivity index is 2.05. The Morgan fingerprint density at radius 3 is 3.00 bits per heavy atom. The molecule has 0 aliphatic carbocycles. The van der Waals surface area contributed by atoms with E-state index in [1.807, 2.05) is 6.92 Å². The predicted molar refractivity (Wildman–Crippen MR) is 57.8 cm³/mol. The molecule has 0 saturated carbocycles. The third-order valence-corrected chi connectivity index (χ3v) is 3.22. The molecule has 1 N–H and O–H groups in total. The number of hydrogen-bond acceptors (Lipinski definition) is 3. The van der Waals surface area contributed by atoms with Crippen LogP contribution >= 0.6 is 0 Å². The molecule has 5 heteroatoms. The van der Waals surface area contributed by atoms with E-state index in [1.165, 1.54) is 0 Å². The highest BCUT2D eigenvalue weighted by Crippen LogP contribution is 2.27. The summed E-state index contributed by atoms with van der Waals surface area (Å²) in [6.07, 6.45) is 2.49. The van der Waals surface area contributed by atoms with E-state index >= 15 is 0 Å². The predicted octanol–water partition coefficient (Wildman–Crippen LogP) is -0.0960. The summed E-state index contributed by atoms with van der Waals surface area (Å²) in [7, 11) is 0. The average molecular weight is 226 g/mol. The molecule has 0 aromatic heterocycles. The van der Waals surface area contributed by atoms with E-state index in [9.17, 15) is 9.59 Å². The first-order valence-electron chi connectivity index (χ1n) is 5.82. The summed E-state index contributed by atoms with van der Waals surface area (Å²) in [5, 5.41) is 2.76. The number of hydrogen-bond donors (Lipinski definition) is 1. The number of amides is 2. The molecule has 0 aromatic carbocycles. The topological polar surface area (TPSA) is 58.6 Å². The highest BCUT2D eigenvalue weighted by Gasteiger charge is 2.41. The van der Waals surface area contributed by atoms with Gasteiger partial charge >= 0.3 is 0 Å². The van der Waals surface area contributed by atoms with E-state index in [-0.39, 0.29) is 18.4 Å². The van der Waals surface area contributed by atoms with Gasteiger partial charge in [0.25, 0.3) is 5.91 Å². The first kappa shape index (κ1) is 11.4. The van der Waals surface area contributed by atoms with Gasteiger partial charge in [0.15, 0.2) is 0 Å². The Bertz CT molecular complexity index is 298. The van der Waals surface area contributed by atoms with Crippen molar-refractivity contribution in [3.05, 3.63) is 0 Å².